The molecular formula is C45H86O6. The molecule has 0 bridgehead atoms. The van der Waals surface area contributed by atoms with Crippen molar-refractivity contribution in [2.75, 3.05) is 13.2 Å². The molecule has 6 heteroatoms. The van der Waals surface area contributed by atoms with Crippen LogP contribution >= 0.6 is 0 Å². The second kappa shape index (κ2) is 38.1. The topological polar surface area (TPSA) is 78.9 Å². The third kappa shape index (κ3) is 38.0. The average Bonchev–Trinajstić information content (AvgIpc) is 3.11. The molecule has 302 valence electrons. The van der Waals surface area contributed by atoms with Crippen LogP contribution in [0, 0.1) is 11.8 Å². The van der Waals surface area contributed by atoms with E-state index >= 15 is 0 Å². The van der Waals surface area contributed by atoms with Gasteiger partial charge in [0.15, 0.2) is 6.10 Å². The van der Waals surface area contributed by atoms with Crippen LogP contribution in [-0.4, -0.2) is 37.2 Å². The van der Waals surface area contributed by atoms with Crippen molar-refractivity contribution in [3.8, 4) is 0 Å². The Bertz CT molecular complexity index is 781. The lowest BCUT2D eigenvalue weighted by molar-refractivity contribution is -0.167. The van der Waals surface area contributed by atoms with Crippen LogP contribution in [0.15, 0.2) is 0 Å². The van der Waals surface area contributed by atoms with Crippen molar-refractivity contribution in [3.63, 3.8) is 0 Å². The summed E-state index contributed by atoms with van der Waals surface area (Å²) >= 11 is 0. The molecule has 0 aromatic rings. The molecule has 0 spiro atoms. The Morgan fingerprint density at radius 1 is 0.412 bits per heavy atom. The fraction of sp³-hybridized carbons (Fsp3) is 0.933. The largest absolute Gasteiger partial charge is 0.462 e. The van der Waals surface area contributed by atoms with Crippen molar-refractivity contribution >= 4 is 17.9 Å². The van der Waals surface area contributed by atoms with Crippen molar-refractivity contribution in [3.05, 3.63) is 0 Å². The minimum absolute atomic E-state index is 0.0661. The maximum absolute atomic E-state index is 12.6. The Hall–Kier alpha value is -1.59. The van der Waals surface area contributed by atoms with Gasteiger partial charge >= 0.3 is 17.9 Å². The van der Waals surface area contributed by atoms with E-state index in [-0.39, 0.29) is 31.1 Å². The first-order valence-electron chi connectivity index (χ1n) is 22.3. The standard InChI is InChI=1S/C45H86O6/c1-6-8-9-23-30-35-43(46)49-38-42(51-45(48)37-32-27-22-18-17-20-25-29-34-41(5)7-2)39-50-44(47)36-31-26-21-16-14-12-10-11-13-15-19-24-28-33-40(3)4/h40-42H,6-39H2,1-5H3/t41?,42-/m0/s1. The summed E-state index contributed by atoms with van der Waals surface area (Å²) in [6.07, 6.45) is 35.4. The summed E-state index contributed by atoms with van der Waals surface area (Å²) in [4.78, 5) is 37.4. The molecule has 0 aromatic heterocycles. The van der Waals surface area contributed by atoms with Crippen LogP contribution in [0.25, 0.3) is 0 Å². The van der Waals surface area contributed by atoms with Gasteiger partial charge in [0.25, 0.3) is 0 Å². The van der Waals surface area contributed by atoms with Crippen molar-refractivity contribution in [2.24, 2.45) is 11.8 Å². The van der Waals surface area contributed by atoms with Gasteiger partial charge in [-0.15, -0.1) is 0 Å². The number of esters is 3. The second-order valence-corrected chi connectivity index (χ2v) is 16.1. The molecular weight excluding hydrogens is 636 g/mol. The lowest BCUT2D eigenvalue weighted by Gasteiger charge is -2.18. The molecule has 0 N–H and O–H groups in total. The Morgan fingerprint density at radius 2 is 0.745 bits per heavy atom. The zero-order valence-corrected chi connectivity index (χ0v) is 34.7. The molecule has 1 unspecified atom stereocenters. The predicted molar refractivity (Wildman–Crippen MR) is 215 cm³/mol. The fourth-order valence-electron chi connectivity index (χ4n) is 6.54. The highest BCUT2D eigenvalue weighted by Gasteiger charge is 2.19. The van der Waals surface area contributed by atoms with Crippen molar-refractivity contribution in [1.29, 1.82) is 0 Å². The zero-order chi connectivity index (χ0) is 37.6. The molecule has 6 nitrogen and oxygen atoms in total. The van der Waals surface area contributed by atoms with Crippen LogP contribution in [0.4, 0.5) is 0 Å². The minimum Gasteiger partial charge on any atom is -0.462 e. The molecule has 0 saturated carbocycles. The Balaban J connectivity index is 4.19. The highest BCUT2D eigenvalue weighted by atomic mass is 16.6. The molecule has 2 atom stereocenters. The smallest absolute Gasteiger partial charge is 0.306 e. The van der Waals surface area contributed by atoms with Gasteiger partial charge in [0.05, 0.1) is 0 Å². The fourth-order valence-corrected chi connectivity index (χ4v) is 6.54. The molecule has 0 amide bonds. The molecule has 0 rings (SSSR count). The summed E-state index contributed by atoms with van der Waals surface area (Å²) in [5, 5.41) is 0. The Labute approximate surface area is 317 Å². The van der Waals surface area contributed by atoms with E-state index in [0.29, 0.717) is 19.3 Å². The van der Waals surface area contributed by atoms with E-state index in [9.17, 15) is 14.4 Å². The molecule has 51 heavy (non-hydrogen) atoms. The first-order chi connectivity index (χ1) is 24.8. The van der Waals surface area contributed by atoms with Crippen LogP contribution in [0.5, 0.6) is 0 Å². The summed E-state index contributed by atoms with van der Waals surface area (Å²) in [5.41, 5.74) is 0. The predicted octanol–water partition coefficient (Wildman–Crippen LogP) is 13.8. The van der Waals surface area contributed by atoms with Crippen LogP contribution in [-0.2, 0) is 28.6 Å². The summed E-state index contributed by atoms with van der Waals surface area (Å²) in [5.74, 6) is 0.811. The Kier molecular flexibility index (Phi) is 37.0. The highest BCUT2D eigenvalue weighted by Crippen LogP contribution is 2.17. The summed E-state index contributed by atoms with van der Waals surface area (Å²) in [6.45, 7) is 11.3. The highest BCUT2D eigenvalue weighted by molar-refractivity contribution is 5.71. The Morgan fingerprint density at radius 3 is 1.12 bits per heavy atom. The van der Waals surface area contributed by atoms with Gasteiger partial charge in [0, 0.05) is 19.3 Å². The molecule has 0 aliphatic carbocycles. The van der Waals surface area contributed by atoms with Crippen LogP contribution < -0.4 is 0 Å². The number of carbonyl (C=O) groups excluding carboxylic acids is 3. The van der Waals surface area contributed by atoms with Crippen molar-refractivity contribution < 1.29 is 28.6 Å². The molecule has 0 aliphatic heterocycles. The van der Waals surface area contributed by atoms with Gasteiger partial charge in [-0.1, -0.05) is 202 Å². The number of carbonyl (C=O) groups is 3. The lowest BCUT2D eigenvalue weighted by Crippen LogP contribution is -2.30. The first kappa shape index (κ1) is 49.4. The number of ether oxygens (including phenoxy) is 3. The molecule has 0 aromatic carbocycles. The van der Waals surface area contributed by atoms with Gasteiger partial charge in [-0.2, -0.15) is 0 Å². The minimum atomic E-state index is -0.759. The van der Waals surface area contributed by atoms with Gasteiger partial charge in [0.1, 0.15) is 13.2 Å². The quantitative estimate of drug-likeness (QED) is 0.0357. The van der Waals surface area contributed by atoms with Gasteiger partial charge in [-0.25, -0.2) is 0 Å². The molecule has 0 radical (unpaired) electrons. The van der Waals surface area contributed by atoms with E-state index in [1.165, 1.54) is 122 Å². The van der Waals surface area contributed by atoms with Crippen molar-refractivity contribution in [1.82, 2.24) is 0 Å². The van der Waals surface area contributed by atoms with Crippen LogP contribution in [0.2, 0.25) is 0 Å². The first-order valence-corrected chi connectivity index (χ1v) is 22.3. The van der Waals surface area contributed by atoms with E-state index in [4.69, 9.17) is 14.2 Å². The third-order valence-electron chi connectivity index (χ3n) is 10.3. The average molecular weight is 723 g/mol. The maximum atomic E-state index is 12.6. The molecule has 0 fully saturated rings. The number of hydrogen-bond donors (Lipinski definition) is 0. The van der Waals surface area contributed by atoms with E-state index in [1.807, 2.05) is 0 Å². The van der Waals surface area contributed by atoms with E-state index < -0.39 is 6.10 Å². The van der Waals surface area contributed by atoms with Gasteiger partial charge < -0.3 is 14.2 Å². The van der Waals surface area contributed by atoms with E-state index in [0.717, 1.165) is 76.0 Å². The summed E-state index contributed by atoms with van der Waals surface area (Å²) in [6, 6.07) is 0. The van der Waals surface area contributed by atoms with Gasteiger partial charge in [-0.3, -0.25) is 14.4 Å². The van der Waals surface area contributed by atoms with E-state index in [2.05, 4.69) is 34.6 Å². The van der Waals surface area contributed by atoms with Gasteiger partial charge in [-0.05, 0) is 31.1 Å². The van der Waals surface area contributed by atoms with E-state index in [1.54, 1.807) is 0 Å². The summed E-state index contributed by atoms with van der Waals surface area (Å²) in [7, 11) is 0. The second-order valence-electron chi connectivity index (χ2n) is 16.1. The van der Waals surface area contributed by atoms with Gasteiger partial charge in [0.2, 0.25) is 0 Å². The van der Waals surface area contributed by atoms with Crippen molar-refractivity contribution in [2.45, 2.75) is 246 Å². The third-order valence-corrected chi connectivity index (χ3v) is 10.3. The summed E-state index contributed by atoms with van der Waals surface area (Å²) < 4.78 is 16.6. The monoisotopic (exact) mass is 723 g/mol. The maximum Gasteiger partial charge on any atom is 0.306 e. The number of hydrogen-bond acceptors (Lipinski definition) is 6. The number of unbranched alkanes of at least 4 members (excludes halogenated alkanes) is 23. The molecule has 0 aliphatic rings. The molecule has 0 heterocycles. The lowest BCUT2D eigenvalue weighted by atomic mass is 9.99. The molecule has 0 saturated heterocycles. The van der Waals surface area contributed by atoms with Crippen LogP contribution in [0.3, 0.4) is 0 Å². The zero-order valence-electron chi connectivity index (χ0n) is 34.7. The number of rotatable bonds is 39. The van der Waals surface area contributed by atoms with Crippen LogP contribution in [0.1, 0.15) is 240 Å². The SMILES string of the molecule is CCCCCCCC(=O)OC[C@@H](COC(=O)CCCCCCCCCCCCCCCC(C)C)OC(=O)CCCCCCCCCCC(C)CC. The normalized spacial score (nSPS) is 12.6.